The Morgan fingerprint density at radius 1 is 1.25 bits per heavy atom. The van der Waals surface area contributed by atoms with Gasteiger partial charge in [-0.05, 0) is 31.5 Å². The van der Waals surface area contributed by atoms with Gasteiger partial charge < -0.3 is 5.32 Å². The van der Waals surface area contributed by atoms with Gasteiger partial charge in [0.05, 0.1) is 4.88 Å². The molecule has 0 aliphatic carbocycles. The lowest BCUT2D eigenvalue weighted by Gasteiger charge is -2.04. The van der Waals surface area contributed by atoms with Crippen molar-refractivity contribution in [2.45, 2.75) is 33.6 Å². The lowest BCUT2D eigenvalue weighted by molar-refractivity contribution is 0.0957. The minimum Gasteiger partial charge on any atom is -0.351 e. The number of aromatic nitrogens is 3. The maximum atomic E-state index is 12.5. The maximum Gasteiger partial charge on any atom is 0.261 e. The number of nitrogens with zero attached hydrogens (tertiary/aromatic N) is 3. The van der Waals surface area contributed by atoms with Crippen molar-refractivity contribution in [3.05, 3.63) is 52.0 Å². The van der Waals surface area contributed by atoms with E-state index in [1.807, 2.05) is 39.0 Å². The van der Waals surface area contributed by atoms with E-state index in [-0.39, 0.29) is 5.91 Å². The fraction of sp³-hybridized carbons (Fsp3) is 0.333. The zero-order valence-electron chi connectivity index (χ0n) is 14.1. The van der Waals surface area contributed by atoms with Crippen LogP contribution in [0.1, 0.15) is 39.4 Å². The fourth-order valence-electron chi connectivity index (χ4n) is 2.70. The van der Waals surface area contributed by atoms with Crippen LogP contribution in [-0.2, 0) is 12.8 Å². The van der Waals surface area contributed by atoms with E-state index >= 15 is 0 Å². The van der Waals surface area contributed by atoms with Crippen molar-refractivity contribution in [2.75, 3.05) is 6.54 Å². The van der Waals surface area contributed by atoms with Crippen molar-refractivity contribution in [3.63, 3.8) is 0 Å². The molecule has 0 unspecified atom stereocenters. The van der Waals surface area contributed by atoms with E-state index in [1.165, 1.54) is 11.3 Å². The minimum atomic E-state index is -0.0520. The third-order valence-corrected chi connectivity index (χ3v) is 5.12. The summed E-state index contributed by atoms with van der Waals surface area (Å²) in [5.74, 6) is 0.771. The van der Waals surface area contributed by atoms with Crippen LogP contribution in [0.15, 0.2) is 24.4 Å². The quantitative estimate of drug-likeness (QED) is 0.774. The molecule has 0 saturated heterocycles. The van der Waals surface area contributed by atoms with Gasteiger partial charge >= 0.3 is 0 Å². The summed E-state index contributed by atoms with van der Waals surface area (Å²) in [6, 6.07) is 5.80. The number of hydrogen-bond donors (Lipinski definition) is 1. The van der Waals surface area contributed by atoms with Gasteiger partial charge in [0, 0.05) is 42.4 Å². The molecule has 0 fully saturated rings. The van der Waals surface area contributed by atoms with Crippen LogP contribution >= 0.6 is 11.3 Å². The summed E-state index contributed by atoms with van der Waals surface area (Å²) in [6.07, 6.45) is 3.27. The Morgan fingerprint density at radius 2 is 2.08 bits per heavy atom. The van der Waals surface area contributed by atoms with Crippen LogP contribution in [-0.4, -0.2) is 27.4 Å². The molecule has 1 N–H and O–H groups in total. The number of nitrogens with one attached hydrogen (secondary N) is 1. The molecule has 0 saturated carbocycles. The highest BCUT2D eigenvalue weighted by Gasteiger charge is 2.18. The van der Waals surface area contributed by atoms with Gasteiger partial charge in [0.2, 0.25) is 0 Å². The first-order valence-corrected chi connectivity index (χ1v) is 8.86. The molecule has 0 bridgehead atoms. The number of thiophene rings is 1. The van der Waals surface area contributed by atoms with Crippen LogP contribution in [0, 0.1) is 13.8 Å². The predicted molar refractivity (Wildman–Crippen MR) is 96.5 cm³/mol. The van der Waals surface area contributed by atoms with Gasteiger partial charge in [-0.1, -0.05) is 13.0 Å². The molecule has 3 aromatic heterocycles. The number of amides is 1. The molecular formula is C18H20N4OS. The van der Waals surface area contributed by atoms with Gasteiger partial charge in [0.15, 0.2) is 0 Å². The van der Waals surface area contributed by atoms with Crippen molar-refractivity contribution in [1.82, 2.24) is 20.3 Å². The van der Waals surface area contributed by atoms with Crippen molar-refractivity contribution < 1.29 is 4.79 Å². The van der Waals surface area contributed by atoms with Gasteiger partial charge in [-0.25, -0.2) is 9.97 Å². The standard InChI is InChI=1S/C18H20N4OS/c1-4-14-21-12(3)15-11(2)16(24-18(15)22-14)17(23)20-10-8-13-7-5-6-9-19-13/h5-7,9H,4,8,10H2,1-3H3,(H,20,23). The van der Waals surface area contributed by atoms with E-state index in [2.05, 4.69) is 20.3 Å². The van der Waals surface area contributed by atoms with Gasteiger partial charge in [-0.2, -0.15) is 0 Å². The number of pyridine rings is 1. The molecule has 0 spiro atoms. The SMILES string of the molecule is CCc1nc(C)c2c(C)c(C(=O)NCCc3ccccn3)sc2n1. The Labute approximate surface area is 145 Å². The molecule has 3 aromatic rings. The molecule has 5 nitrogen and oxygen atoms in total. The second-order valence-electron chi connectivity index (χ2n) is 5.64. The minimum absolute atomic E-state index is 0.0520. The second kappa shape index (κ2) is 7.05. The van der Waals surface area contributed by atoms with Crippen LogP contribution in [0.4, 0.5) is 0 Å². The van der Waals surface area contributed by atoms with E-state index in [0.29, 0.717) is 6.54 Å². The highest BCUT2D eigenvalue weighted by molar-refractivity contribution is 7.20. The molecule has 0 aromatic carbocycles. The summed E-state index contributed by atoms with van der Waals surface area (Å²) in [6.45, 7) is 6.54. The lowest BCUT2D eigenvalue weighted by Crippen LogP contribution is -2.25. The predicted octanol–water partition coefficient (Wildman–Crippen LogP) is 3.24. The van der Waals surface area contributed by atoms with E-state index in [0.717, 1.165) is 50.7 Å². The molecule has 0 atom stereocenters. The van der Waals surface area contributed by atoms with Crippen LogP contribution in [0.5, 0.6) is 0 Å². The van der Waals surface area contributed by atoms with Crippen LogP contribution in [0.25, 0.3) is 10.2 Å². The van der Waals surface area contributed by atoms with E-state index in [9.17, 15) is 4.79 Å². The molecule has 3 heterocycles. The number of rotatable bonds is 5. The summed E-state index contributed by atoms with van der Waals surface area (Å²) in [5.41, 5.74) is 2.88. The summed E-state index contributed by atoms with van der Waals surface area (Å²) >= 11 is 1.44. The van der Waals surface area contributed by atoms with Crippen LogP contribution in [0.3, 0.4) is 0 Å². The third-order valence-electron chi connectivity index (χ3n) is 3.93. The van der Waals surface area contributed by atoms with E-state index < -0.39 is 0 Å². The number of aryl methyl sites for hydroxylation is 3. The second-order valence-corrected chi connectivity index (χ2v) is 6.64. The first-order chi connectivity index (χ1) is 11.6. The molecule has 3 rings (SSSR count). The summed E-state index contributed by atoms with van der Waals surface area (Å²) in [7, 11) is 0. The van der Waals surface area contributed by atoms with Crippen LogP contribution in [0.2, 0.25) is 0 Å². The van der Waals surface area contributed by atoms with Gasteiger partial charge in [-0.3, -0.25) is 9.78 Å². The number of carbonyl (C=O) groups excluding carboxylic acids is 1. The Balaban J connectivity index is 1.77. The molecule has 0 aliphatic heterocycles. The van der Waals surface area contributed by atoms with Gasteiger partial charge in [0.25, 0.3) is 5.91 Å². The third kappa shape index (κ3) is 3.28. The van der Waals surface area contributed by atoms with E-state index in [1.54, 1.807) is 6.20 Å². The number of hydrogen-bond acceptors (Lipinski definition) is 5. The van der Waals surface area contributed by atoms with E-state index in [4.69, 9.17) is 0 Å². The van der Waals surface area contributed by atoms with Gasteiger partial charge in [-0.15, -0.1) is 11.3 Å². The largest absolute Gasteiger partial charge is 0.351 e. The summed E-state index contributed by atoms with van der Waals surface area (Å²) in [5, 5.41) is 3.99. The van der Waals surface area contributed by atoms with Crippen molar-refractivity contribution >= 4 is 27.5 Å². The van der Waals surface area contributed by atoms with Crippen LogP contribution < -0.4 is 5.32 Å². The highest BCUT2D eigenvalue weighted by atomic mass is 32.1. The Morgan fingerprint density at radius 3 is 2.79 bits per heavy atom. The van der Waals surface area contributed by atoms with Crippen molar-refractivity contribution in [2.24, 2.45) is 0 Å². The maximum absolute atomic E-state index is 12.5. The normalized spacial score (nSPS) is 11.0. The molecule has 124 valence electrons. The topological polar surface area (TPSA) is 67.8 Å². The van der Waals surface area contributed by atoms with Crippen molar-refractivity contribution in [1.29, 1.82) is 0 Å². The molecular weight excluding hydrogens is 320 g/mol. The molecule has 24 heavy (non-hydrogen) atoms. The number of carbonyl (C=O) groups is 1. The first kappa shape index (κ1) is 16.5. The molecule has 0 radical (unpaired) electrons. The average Bonchev–Trinajstić information content (AvgIpc) is 2.93. The average molecular weight is 340 g/mol. The monoisotopic (exact) mass is 340 g/mol. The van der Waals surface area contributed by atoms with Gasteiger partial charge in [0.1, 0.15) is 10.7 Å². The molecule has 0 aliphatic rings. The first-order valence-electron chi connectivity index (χ1n) is 8.05. The van der Waals surface area contributed by atoms with Crippen molar-refractivity contribution in [3.8, 4) is 0 Å². The Kier molecular flexibility index (Phi) is 4.85. The zero-order chi connectivity index (χ0) is 17.1. The lowest BCUT2D eigenvalue weighted by atomic mass is 10.1. The highest BCUT2D eigenvalue weighted by Crippen LogP contribution is 2.31. The number of fused-ring (bicyclic) bond motifs is 1. The zero-order valence-corrected chi connectivity index (χ0v) is 14.9. The molecule has 6 heteroatoms. The fourth-order valence-corrected chi connectivity index (χ4v) is 3.87. The Hall–Kier alpha value is -2.34. The smallest absolute Gasteiger partial charge is 0.261 e. The molecule has 1 amide bonds. The summed E-state index contributed by atoms with van der Waals surface area (Å²) in [4.78, 5) is 27.5. The summed E-state index contributed by atoms with van der Waals surface area (Å²) < 4.78 is 0. The Bertz CT molecular complexity index is 874.